The fourth-order valence-electron chi connectivity index (χ4n) is 3.64. The van der Waals surface area contributed by atoms with Crippen molar-refractivity contribution in [3.8, 4) is 11.5 Å². The Labute approximate surface area is 159 Å². The molecule has 1 aromatic heterocycles. The van der Waals surface area contributed by atoms with Crippen molar-refractivity contribution < 1.29 is 14.3 Å². The van der Waals surface area contributed by atoms with E-state index in [-0.39, 0.29) is 5.91 Å². The Kier molecular flexibility index (Phi) is 3.62. The maximum atomic E-state index is 12.7. The largest absolute Gasteiger partial charge is 0.448 e. The molecule has 4 nitrogen and oxygen atoms in total. The minimum Gasteiger partial charge on any atom is -0.448 e. The summed E-state index contributed by atoms with van der Waals surface area (Å²) < 4.78 is 13.1. The first-order valence-electron chi connectivity index (χ1n) is 8.64. The van der Waals surface area contributed by atoms with E-state index in [0.717, 1.165) is 41.5 Å². The van der Waals surface area contributed by atoms with Gasteiger partial charge >= 0.3 is 0 Å². The molecule has 0 radical (unpaired) electrons. The van der Waals surface area contributed by atoms with Crippen LogP contribution >= 0.6 is 22.9 Å². The zero-order valence-electron chi connectivity index (χ0n) is 13.9. The Bertz CT molecular complexity index is 1020. The lowest BCUT2D eigenvalue weighted by atomic mass is 10.2. The van der Waals surface area contributed by atoms with Crippen LogP contribution in [-0.4, -0.2) is 11.7 Å². The predicted octanol–water partition coefficient (Wildman–Crippen LogP) is 5.85. The number of anilines is 1. The fraction of sp³-hybridized carbons (Fsp3) is 0.250. The molecule has 5 rings (SSSR count). The van der Waals surface area contributed by atoms with Crippen molar-refractivity contribution in [2.45, 2.75) is 31.5 Å². The van der Waals surface area contributed by atoms with E-state index in [1.54, 1.807) is 0 Å². The second-order valence-corrected chi connectivity index (χ2v) is 8.11. The van der Waals surface area contributed by atoms with Crippen LogP contribution in [0.2, 0.25) is 5.02 Å². The van der Waals surface area contributed by atoms with Crippen LogP contribution in [0, 0.1) is 0 Å². The molecule has 132 valence electrons. The molecule has 1 aliphatic heterocycles. The molecule has 1 aliphatic carbocycles. The third-order valence-corrected chi connectivity index (χ3v) is 6.57. The van der Waals surface area contributed by atoms with E-state index in [1.807, 2.05) is 42.5 Å². The summed E-state index contributed by atoms with van der Waals surface area (Å²) in [5, 5.41) is 4.32. The summed E-state index contributed by atoms with van der Waals surface area (Å²) in [6.45, 7) is 0. The monoisotopic (exact) mass is 385 g/mol. The number of hydrogen-bond acceptors (Lipinski definition) is 4. The molecule has 2 aromatic carbocycles. The molecule has 0 atom stereocenters. The van der Waals surface area contributed by atoms with E-state index in [9.17, 15) is 4.79 Å². The second-order valence-electron chi connectivity index (χ2n) is 6.68. The van der Waals surface area contributed by atoms with E-state index in [1.165, 1.54) is 11.3 Å². The van der Waals surface area contributed by atoms with Crippen molar-refractivity contribution in [2.75, 3.05) is 5.32 Å². The zero-order valence-corrected chi connectivity index (χ0v) is 15.5. The summed E-state index contributed by atoms with van der Waals surface area (Å²) in [7, 11) is 0. The van der Waals surface area contributed by atoms with Crippen LogP contribution in [-0.2, 0) is 0 Å². The minimum atomic E-state index is -0.500. The Morgan fingerprint density at radius 3 is 2.65 bits per heavy atom. The van der Waals surface area contributed by atoms with Gasteiger partial charge in [0.15, 0.2) is 11.5 Å². The summed E-state index contributed by atoms with van der Waals surface area (Å²) in [4.78, 5) is 13.2. The number of nitrogens with one attached hydrogen (secondary N) is 1. The van der Waals surface area contributed by atoms with E-state index < -0.39 is 5.79 Å². The molecule has 1 fully saturated rings. The average molecular weight is 386 g/mol. The molecule has 0 bridgehead atoms. The molecule has 3 aromatic rings. The zero-order chi connectivity index (χ0) is 17.7. The van der Waals surface area contributed by atoms with Crippen LogP contribution < -0.4 is 14.8 Å². The smallest absolute Gasteiger partial charge is 0.267 e. The van der Waals surface area contributed by atoms with Crippen molar-refractivity contribution in [3.05, 3.63) is 52.4 Å². The average Bonchev–Trinajstić information content (AvgIpc) is 3.33. The first kappa shape index (κ1) is 16.0. The second kappa shape index (κ2) is 5.89. The van der Waals surface area contributed by atoms with Gasteiger partial charge in [-0.1, -0.05) is 29.8 Å². The summed E-state index contributed by atoms with van der Waals surface area (Å²) in [6.07, 6.45) is 4.03. The number of thiophene rings is 1. The highest BCUT2D eigenvalue weighted by atomic mass is 35.5. The highest BCUT2D eigenvalue weighted by molar-refractivity contribution is 7.21. The third-order valence-electron chi connectivity index (χ3n) is 4.90. The van der Waals surface area contributed by atoms with Crippen LogP contribution in [0.25, 0.3) is 10.1 Å². The number of hydrogen-bond donors (Lipinski definition) is 1. The molecular formula is C20H16ClNO3S. The number of fused-ring (bicyclic) bond motifs is 2. The van der Waals surface area contributed by atoms with Gasteiger partial charge in [-0.05, 0) is 31.0 Å². The van der Waals surface area contributed by atoms with Crippen LogP contribution in [0.4, 0.5) is 5.69 Å². The molecule has 2 heterocycles. The Hall–Kier alpha value is -2.24. The minimum absolute atomic E-state index is 0.217. The van der Waals surface area contributed by atoms with E-state index in [2.05, 4.69) is 5.32 Å². The van der Waals surface area contributed by atoms with E-state index in [4.69, 9.17) is 21.1 Å². The number of carbonyl (C=O) groups excluding carboxylic acids is 1. The third kappa shape index (κ3) is 2.54. The lowest BCUT2D eigenvalue weighted by Crippen LogP contribution is -2.34. The molecule has 0 unspecified atom stereocenters. The van der Waals surface area contributed by atoms with Crippen LogP contribution in [0.1, 0.15) is 35.4 Å². The van der Waals surface area contributed by atoms with Crippen molar-refractivity contribution in [3.63, 3.8) is 0 Å². The number of carbonyl (C=O) groups is 1. The Morgan fingerprint density at radius 1 is 1.08 bits per heavy atom. The van der Waals surface area contributed by atoms with Gasteiger partial charge in [-0.25, -0.2) is 0 Å². The number of halogens is 1. The van der Waals surface area contributed by atoms with Gasteiger partial charge in [0.05, 0.1) is 5.02 Å². The van der Waals surface area contributed by atoms with E-state index in [0.29, 0.717) is 21.3 Å². The highest BCUT2D eigenvalue weighted by Gasteiger charge is 2.44. The molecular weight excluding hydrogens is 370 g/mol. The standard InChI is InChI=1S/C20H16ClNO3S/c21-17-13-5-1-2-6-16(13)26-18(17)19(23)22-12-7-8-14-15(11-12)25-20(24-14)9-3-4-10-20/h1-2,5-8,11H,3-4,9-10H2,(H,22,23). The Morgan fingerprint density at radius 2 is 1.85 bits per heavy atom. The van der Waals surface area contributed by atoms with Gasteiger partial charge in [0.2, 0.25) is 0 Å². The SMILES string of the molecule is O=C(Nc1ccc2c(c1)OC1(CCCC1)O2)c1sc2ccccc2c1Cl. The summed E-state index contributed by atoms with van der Waals surface area (Å²) in [6, 6.07) is 13.2. The fourth-order valence-corrected chi connectivity index (χ4v) is 5.05. The first-order valence-corrected chi connectivity index (χ1v) is 9.83. The molecule has 1 N–H and O–H groups in total. The topological polar surface area (TPSA) is 47.6 Å². The molecule has 6 heteroatoms. The van der Waals surface area contributed by atoms with Gasteiger partial charge in [0, 0.05) is 34.7 Å². The van der Waals surface area contributed by atoms with Crippen LogP contribution in [0.3, 0.4) is 0 Å². The lowest BCUT2D eigenvalue weighted by Gasteiger charge is -2.21. The molecule has 2 aliphatic rings. The maximum absolute atomic E-state index is 12.7. The number of rotatable bonds is 2. The lowest BCUT2D eigenvalue weighted by molar-refractivity contribution is -0.0716. The molecule has 1 amide bonds. The predicted molar refractivity (Wildman–Crippen MR) is 104 cm³/mol. The molecule has 26 heavy (non-hydrogen) atoms. The van der Waals surface area contributed by atoms with Gasteiger partial charge in [0.25, 0.3) is 11.7 Å². The number of benzene rings is 2. The van der Waals surface area contributed by atoms with Gasteiger partial charge < -0.3 is 14.8 Å². The van der Waals surface area contributed by atoms with Crippen LogP contribution in [0.5, 0.6) is 11.5 Å². The molecule has 0 saturated heterocycles. The normalized spacial score (nSPS) is 17.1. The van der Waals surface area contributed by atoms with Crippen molar-refractivity contribution >= 4 is 44.6 Å². The maximum Gasteiger partial charge on any atom is 0.267 e. The van der Waals surface area contributed by atoms with Gasteiger partial charge in [-0.2, -0.15) is 0 Å². The van der Waals surface area contributed by atoms with Gasteiger partial charge in [-0.15, -0.1) is 11.3 Å². The highest BCUT2D eigenvalue weighted by Crippen LogP contribution is 2.47. The summed E-state index contributed by atoms with van der Waals surface area (Å²) >= 11 is 7.79. The van der Waals surface area contributed by atoms with Crippen molar-refractivity contribution in [1.82, 2.24) is 0 Å². The van der Waals surface area contributed by atoms with E-state index >= 15 is 0 Å². The quantitative estimate of drug-likeness (QED) is 0.602. The number of amides is 1. The first-order chi connectivity index (χ1) is 12.6. The van der Waals surface area contributed by atoms with Crippen molar-refractivity contribution in [2.24, 2.45) is 0 Å². The molecule has 1 saturated carbocycles. The van der Waals surface area contributed by atoms with Gasteiger partial charge in [0.1, 0.15) is 4.88 Å². The van der Waals surface area contributed by atoms with Crippen LogP contribution in [0.15, 0.2) is 42.5 Å². The summed E-state index contributed by atoms with van der Waals surface area (Å²) in [5.74, 6) is 0.710. The summed E-state index contributed by atoms with van der Waals surface area (Å²) in [5.41, 5.74) is 0.668. The van der Waals surface area contributed by atoms with Crippen molar-refractivity contribution in [1.29, 1.82) is 0 Å². The van der Waals surface area contributed by atoms with Gasteiger partial charge in [-0.3, -0.25) is 4.79 Å². The molecule has 1 spiro atoms. The number of ether oxygens (including phenoxy) is 2. The Balaban J connectivity index is 1.40.